The summed E-state index contributed by atoms with van der Waals surface area (Å²) < 4.78 is 1.89. The van der Waals surface area contributed by atoms with Crippen LogP contribution in [0.15, 0.2) is 53.0 Å². The lowest BCUT2D eigenvalue weighted by atomic mass is 10.0. The lowest BCUT2D eigenvalue weighted by Crippen LogP contribution is -2.22. The Morgan fingerprint density at radius 1 is 1.18 bits per heavy atom. The third-order valence-corrected chi connectivity index (χ3v) is 3.74. The van der Waals surface area contributed by atoms with Gasteiger partial charge in [0.2, 0.25) is 0 Å². The molecule has 0 saturated carbocycles. The van der Waals surface area contributed by atoms with Crippen molar-refractivity contribution in [3.63, 3.8) is 0 Å². The molecule has 3 rings (SSSR count). The second-order valence-electron chi connectivity index (χ2n) is 5.44. The number of hydrogen-bond donors (Lipinski definition) is 1. The maximum absolute atomic E-state index is 5.29. The van der Waals surface area contributed by atoms with E-state index in [0.29, 0.717) is 0 Å². The molecule has 1 aromatic carbocycles. The molecule has 1 aliphatic heterocycles. The van der Waals surface area contributed by atoms with E-state index in [0.717, 1.165) is 43.6 Å². The summed E-state index contributed by atoms with van der Waals surface area (Å²) in [5.41, 5.74) is 2.02. The minimum atomic E-state index is -0.201. The quantitative estimate of drug-likeness (QED) is 0.601. The highest BCUT2D eigenvalue weighted by Crippen LogP contribution is 2.35. The lowest BCUT2D eigenvalue weighted by Gasteiger charge is -2.09. The molecule has 22 heavy (non-hydrogen) atoms. The van der Waals surface area contributed by atoms with Gasteiger partial charge >= 0.3 is 0 Å². The van der Waals surface area contributed by atoms with Crippen molar-refractivity contribution in [3.8, 4) is 18.0 Å². The number of terminal acetylenes is 1. The molecule has 2 aromatic rings. The van der Waals surface area contributed by atoms with Gasteiger partial charge in [-0.2, -0.15) is 15.3 Å². The molecule has 0 amide bonds. The Hall–Kier alpha value is -2.45. The van der Waals surface area contributed by atoms with Crippen molar-refractivity contribution in [3.05, 3.63) is 48.3 Å². The van der Waals surface area contributed by atoms with Crippen LogP contribution in [0, 0.1) is 12.3 Å². The van der Waals surface area contributed by atoms with Crippen LogP contribution in [0.25, 0.3) is 5.69 Å². The van der Waals surface area contributed by atoms with Crippen LogP contribution in [-0.4, -0.2) is 22.0 Å². The van der Waals surface area contributed by atoms with E-state index >= 15 is 0 Å². The van der Waals surface area contributed by atoms with Gasteiger partial charge < -0.3 is 5.32 Å². The molecule has 0 saturated heterocycles. The zero-order chi connectivity index (χ0) is 15.3. The summed E-state index contributed by atoms with van der Waals surface area (Å²) in [6, 6.07) is 10.1. The molecule has 0 bridgehead atoms. The Morgan fingerprint density at radius 3 is 2.73 bits per heavy atom. The fourth-order valence-corrected chi connectivity index (χ4v) is 2.36. The topological polar surface area (TPSA) is 54.6 Å². The first-order valence-electron chi connectivity index (χ1n) is 7.49. The highest BCUT2D eigenvalue weighted by atomic mass is 15.4. The largest absolute Gasteiger partial charge is 0.312 e. The molecule has 0 fully saturated rings. The number of benzene rings is 1. The first kappa shape index (κ1) is 14.5. The van der Waals surface area contributed by atoms with E-state index in [9.17, 15) is 0 Å². The average molecular weight is 293 g/mol. The number of rotatable bonds is 8. The maximum atomic E-state index is 5.29. The lowest BCUT2D eigenvalue weighted by molar-refractivity contribution is 0.487. The molecular weight excluding hydrogens is 274 g/mol. The van der Waals surface area contributed by atoms with E-state index in [1.807, 2.05) is 47.4 Å². The highest BCUT2D eigenvalue weighted by molar-refractivity contribution is 5.30. The van der Waals surface area contributed by atoms with Gasteiger partial charge in [-0.15, -0.1) is 12.3 Å². The molecule has 112 valence electrons. The Balaban J connectivity index is 1.43. The van der Waals surface area contributed by atoms with Gasteiger partial charge in [0.05, 0.1) is 11.9 Å². The van der Waals surface area contributed by atoms with Crippen molar-refractivity contribution in [2.24, 2.45) is 10.2 Å². The first-order chi connectivity index (χ1) is 10.8. The van der Waals surface area contributed by atoms with Gasteiger partial charge in [-0.1, -0.05) is 18.2 Å². The SMILES string of the molecule is C#CCCC1(CCNCc2cnn(-c3ccccc3)c2)N=N1. The number of hydrogen-bond acceptors (Lipinski definition) is 4. The van der Waals surface area contributed by atoms with Crippen molar-refractivity contribution < 1.29 is 0 Å². The predicted molar refractivity (Wildman–Crippen MR) is 85.5 cm³/mol. The van der Waals surface area contributed by atoms with E-state index in [2.05, 4.69) is 26.6 Å². The predicted octanol–water partition coefficient (Wildman–Crippen LogP) is 2.93. The summed E-state index contributed by atoms with van der Waals surface area (Å²) in [7, 11) is 0. The third kappa shape index (κ3) is 3.60. The monoisotopic (exact) mass is 293 g/mol. The standard InChI is InChI=1S/C17H19N5/c1-2-3-9-17(20-21-17)10-11-18-12-15-13-19-22(14-15)16-7-5-4-6-8-16/h1,4-8,13-14,18H,3,9-12H2. The van der Waals surface area contributed by atoms with Crippen molar-refractivity contribution in [1.82, 2.24) is 15.1 Å². The fourth-order valence-electron chi connectivity index (χ4n) is 2.36. The third-order valence-electron chi connectivity index (χ3n) is 3.74. The smallest absolute Gasteiger partial charge is 0.193 e. The maximum Gasteiger partial charge on any atom is 0.193 e. The minimum Gasteiger partial charge on any atom is -0.312 e. The second-order valence-corrected chi connectivity index (χ2v) is 5.44. The summed E-state index contributed by atoms with van der Waals surface area (Å²) >= 11 is 0. The molecule has 2 heterocycles. The van der Waals surface area contributed by atoms with Crippen LogP contribution in [0.3, 0.4) is 0 Å². The molecule has 0 atom stereocenters. The van der Waals surface area contributed by atoms with Crippen LogP contribution < -0.4 is 5.32 Å². The molecular formula is C17H19N5. The van der Waals surface area contributed by atoms with Crippen LogP contribution in [0.2, 0.25) is 0 Å². The van der Waals surface area contributed by atoms with Crippen LogP contribution in [-0.2, 0) is 6.54 Å². The molecule has 1 aromatic heterocycles. The van der Waals surface area contributed by atoms with Gasteiger partial charge in [0.1, 0.15) is 0 Å². The first-order valence-corrected chi connectivity index (χ1v) is 7.49. The van der Waals surface area contributed by atoms with E-state index in [-0.39, 0.29) is 5.66 Å². The van der Waals surface area contributed by atoms with Gasteiger partial charge in [-0.05, 0) is 18.7 Å². The zero-order valence-electron chi connectivity index (χ0n) is 12.4. The van der Waals surface area contributed by atoms with Crippen molar-refractivity contribution >= 4 is 0 Å². The van der Waals surface area contributed by atoms with Crippen molar-refractivity contribution in [2.75, 3.05) is 6.54 Å². The Labute approximate surface area is 130 Å². The molecule has 1 aliphatic rings. The van der Waals surface area contributed by atoms with E-state index in [1.165, 1.54) is 0 Å². The average Bonchev–Trinajstić information content (AvgIpc) is 3.17. The minimum absolute atomic E-state index is 0.201. The molecule has 1 N–H and O–H groups in total. The van der Waals surface area contributed by atoms with Gasteiger partial charge in [-0.25, -0.2) is 4.68 Å². The van der Waals surface area contributed by atoms with Gasteiger partial charge in [0, 0.05) is 37.6 Å². The summed E-state index contributed by atoms with van der Waals surface area (Å²) in [5, 5.41) is 16.1. The molecule has 0 spiro atoms. The van der Waals surface area contributed by atoms with Crippen LogP contribution in [0.4, 0.5) is 0 Å². The Morgan fingerprint density at radius 2 is 2.00 bits per heavy atom. The van der Waals surface area contributed by atoms with E-state index in [4.69, 9.17) is 6.42 Å². The van der Waals surface area contributed by atoms with Crippen molar-refractivity contribution in [2.45, 2.75) is 31.5 Å². The van der Waals surface area contributed by atoms with Crippen LogP contribution in [0.5, 0.6) is 0 Å². The van der Waals surface area contributed by atoms with Crippen molar-refractivity contribution in [1.29, 1.82) is 0 Å². The van der Waals surface area contributed by atoms with E-state index in [1.54, 1.807) is 0 Å². The van der Waals surface area contributed by atoms with Gasteiger partial charge in [-0.3, -0.25) is 0 Å². The molecule has 5 nitrogen and oxygen atoms in total. The van der Waals surface area contributed by atoms with Gasteiger partial charge in [0.15, 0.2) is 5.66 Å². The highest BCUT2D eigenvalue weighted by Gasteiger charge is 2.38. The Bertz CT molecular complexity index is 675. The normalized spacial score (nSPS) is 14.7. The molecule has 0 radical (unpaired) electrons. The number of aromatic nitrogens is 2. The molecule has 0 unspecified atom stereocenters. The summed E-state index contributed by atoms with van der Waals surface area (Å²) in [4.78, 5) is 0. The summed E-state index contributed by atoms with van der Waals surface area (Å²) in [6.45, 7) is 1.66. The number of nitrogens with zero attached hydrogens (tertiary/aromatic N) is 4. The second kappa shape index (κ2) is 6.54. The van der Waals surface area contributed by atoms with E-state index < -0.39 is 0 Å². The van der Waals surface area contributed by atoms with Crippen LogP contribution in [0.1, 0.15) is 24.8 Å². The zero-order valence-corrected chi connectivity index (χ0v) is 12.4. The van der Waals surface area contributed by atoms with Crippen LogP contribution >= 0.6 is 0 Å². The molecule has 0 aliphatic carbocycles. The molecule has 5 heteroatoms. The fraction of sp³-hybridized carbons (Fsp3) is 0.353. The Kier molecular flexibility index (Phi) is 4.31. The summed E-state index contributed by atoms with van der Waals surface area (Å²) in [5.74, 6) is 2.65. The number of nitrogens with one attached hydrogen (secondary N) is 1. The van der Waals surface area contributed by atoms with Gasteiger partial charge in [0.25, 0.3) is 0 Å². The number of para-hydroxylation sites is 1. The summed E-state index contributed by atoms with van der Waals surface area (Å²) in [6.07, 6.45) is 11.7.